The summed E-state index contributed by atoms with van der Waals surface area (Å²) < 4.78 is 34.1. The van der Waals surface area contributed by atoms with Gasteiger partial charge in [0.1, 0.15) is 0 Å². The van der Waals surface area contributed by atoms with Gasteiger partial charge in [0.2, 0.25) is 0 Å². The van der Waals surface area contributed by atoms with E-state index in [1.807, 2.05) is 0 Å². The Labute approximate surface area is 554 Å². The molecule has 528 valence electrons. The van der Waals surface area contributed by atoms with Gasteiger partial charge in [0.05, 0.1) is 49.3 Å². The lowest BCUT2D eigenvalue weighted by Crippen LogP contribution is -2.13. The molecule has 0 radical (unpaired) electrons. The third-order valence-corrected chi connectivity index (χ3v) is 30.0. The van der Waals surface area contributed by atoms with Crippen LogP contribution in [0.1, 0.15) is 466 Å². The normalized spacial score (nSPS) is 12.0. The van der Waals surface area contributed by atoms with Gasteiger partial charge in [-0.1, -0.05) is 364 Å². The monoisotopic (exact) mass is 1290 g/mol. The van der Waals surface area contributed by atoms with Crippen LogP contribution in [0.3, 0.4) is 0 Å². The first kappa shape index (κ1) is 91.9. The smallest absolute Gasteiger partial charge is 0.0594 e. The fourth-order valence-electron chi connectivity index (χ4n) is 14.0. The molecule has 7 heteroatoms. The predicted octanol–water partition coefficient (Wildman–Crippen LogP) is 29.8. The molecule has 0 saturated heterocycles. The Morgan fingerprint density at radius 3 is 0.310 bits per heavy atom. The van der Waals surface area contributed by atoms with Crippen LogP contribution >= 0.6 is 14.5 Å². The summed E-state index contributed by atoms with van der Waals surface area (Å²) in [7, 11) is -6.69. The van der Waals surface area contributed by atoms with Crippen LogP contribution < -0.4 is 0 Å². The van der Waals surface area contributed by atoms with Gasteiger partial charge in [0.25, 0.3) is 0 Å². The molecular formula is C80H168O4P2S. The third kappa shape index (κ3) is 79.1. The highest BCUT2D eigenvalue weighted by atomic mass is 32.3. The number of unbranched alkanes of at least 4 members (excludes halogenated alkanes) is 56. The Morgan fingerprint density at radius 2 is 0.230 bits per heavy atom. The van der Waals surface area contributed by atoms with E-state index in [4.69, 9.17) is 17.5 Å². The van der Waals surface area contributed by atoms with Gasteiger partial charge in [-0.05, 0) is 103 Å². The summed E-state index contributed by atoms with van der Waals surface area (Å²) in [6.07, 6.45) is 108. The first-order chi connectivity index (χ1) is 42.5. The van der Waals surface area contributed by atoms with E-state index in [-0.39, 0.29) is 0 Å². The molecule has 0 amide bonds. The molecule has 0 aliphatic carbocycles. The van der Waals surface area contributed by atoms with E-state index in [1.165, 1.54) is 360 Å². The molecule has 0 atom stereocenters. The zero-order valence-electron chi connectivity index (χ0n) is 61.8. The van der Waals surface area contributed by atoms with E-state index in [2.05, 4.69) is 55.4 Å². The SMILES string of the molecule is CCCCCCCCCC[P+](CCCCCCCCCC)(CCCCCCCCCC)CCCCCCCCCC.CCCCCCCCCC[P+](CCCCCCCCCC)(CCCCCCCCCC)CCCCCCCCCC.O=S(=O)([O-])[O-]. The summed E-state index contributed by atoms with van der Waals surface area (Å²) in [6, 6.07) is 0. The maximum atomic E-state index is 8.52. The van der Waals surface area contributed by atoms with Gasteiger partial charge in [0, 0.05) is 24.9 Å². The van der Waals surface area contributed by atoms with E-state index in [1.54, 1.807) is 101 Å². The van der Waals surface area contributed by atoms with Gasteiger partial charge < -0.3 is 9.11 Å². The van der Waals surface area contributed by atoms with Gasteiger partial charge in [-0.3, -0.25) is 8.42 Å². The van der Waals surface area contributed by atoms with Gasteiger partial charge in [-0.15, -0.1) is 0 Å². The minimum absolute atomic E-state index is 0.761. The first-order valence-corrected chi connectivity index (χ1v) is 47.2. The van der Waals surface area contributed by atoms with Crippen molar-refractivity contribution >= 4 is 24.9 Å². The number of rotatable bonds is 72. The number of hydrogen-bond donors (Lipinski definition) is 0. The van der Waals surface area contributed by atoms with Crippen molar-refractivity contribution in [2.45, 2.75) is 466 Å². The molecule has 0 aromatic rings. The van der Waals surface area contributed by atoms with Crippen LogP contribution in [0.5, 0.6) is 0 Å². The summed E-state index contributed by atoms with van der Waals surface area (Å²) in [4.78, 5) is 0. The van der Waals surface area contributed by atoms with Crippen LogP contribution in [-0.4, -0.2) is 66.8 Å². The summed E-state index contributed by atoms with van der Waals surface area (Å²) in [6.45, 7) is 18.7. The largest absolute Gasteiger partial charge is 0.759 e. The third-order valence-electron chi connectivity index (χ3n) is 19.9. The second kappa shape index (κ2) is 77.4. The molecule has 4 nitrogen and oxygen atoms in total. The maximum Gasteiger partial charge on any atom is 0.0594 e. The molecule has 0 heterocycles. The Hall–Kier alpha value is 0.730. The van der Waals surface area contributed by atoms with Crippen LogP contribution in [0.2, 0.25) is 0 Å². The Balaban J connectivity index is -0.00000150. The van der Waals surface area contributed by atoms with E-state index < -0.39 is 24.9 Å². The standard InChI is InChI=1S/2C40H84P.H2O4S/c2*1-5-9-13-17-21-25-29-33-37-41(38-34-30-26-22-18-14-10-6-2,39-35-31-27-23-19-15-11-7-3)40-36-32-28-24-20-16-12-8-4;1-5(2,3)4/h2*5-40H2,1-4H3;(H2,1,2,3,4)/q2*+1;/p-2. The zero-order valence-corrected chi connectivity index (χ0v) is 64.5. The van der Waals surface area contributed by atoms with E-state index in [0.717, 1.165) is 0 Å². The molecule has 0 aromatic carbocycles. The van der Waals surface area contributed by atoms with Crippen molar-refractivity contribution < 1.29 is 17.5 Å². The van der Waals surface area contributed by atoms with Crippen molar-refractivity contribution in [1.29, 1.82) is 0 Å². The topological polar surface area (TPSA) is 80.3 Å². The van der Waals surface area contributed by atoms with Crippen molar-refractivity contribution in [1.82, 2.24) is 0 Å². The molecule has 0 N–H and O–H groups in total. The molecule has 0 aliphatic heterocycles. The minimum Gasteiger partial charge on any atom is -0.759 e. The predicted molar refractivity (Wildman–Crippen MR) is 404 cm³/mol. The highest BCUT2D eigenvalue weighted by Gasteiger charge is 2.36. The van der Waals surface area contributed by atoms with Crippen LogP contribution in [0.15, 0.2) is 0 Å². The molecule has 0 fully saturated rings. The fraction of sp³-hybridized carbons (Fsp3) is 1.00. The molecule has 0 spiro atoms. The number of hydrogen-bond acceptors (Lipinski definition) is 4. The highest BCUT2D eigenvalue weighted by molar-refractivity contribution is 7.79. The summed E-state index contributed by atoms with van der Waals surface area (Å²) in [5.74, 6) is 0. The Bertz CT molecular complexity index is 1060. The zero-order chi connectivity index (χ0) is 64.4. The molecule has 0 saturated carbocycles. The van der Waals surface area contributed by atoms with Crippen LogP contribution in [0, 0.1) is 0 Å². The van der Waals surface area contributed by atoms with Gasteiger partial charge in [-0.2, -0.15) is 0 Å². The van der Waals surface area contributed by atoms with Crippen molar-refractivity contribution in [2.24, 2.45) is 0 Å². The summed E-state index contributed by atoms with van der Waals surface area (Å²) in [5.41, 5.74) is 0. The lowest BCUT2D eigenvalue weighted by Gasteiger charge is -2.28. The average molecular weight is 1290 g/mol. The molecule has 0 aromatic heterocycles. The second-order valence-corrected chi connectivity index (χ2v) is 38.4. The summed E-state index contributed by atoms with van der Waals surface area (Å²) >= 11 is 0. The minimum atomic E-state index is -5.17. The highest BCUT2D eigenvalue weighted by Crippen LogP contribution is 2.62. The molecule has 0 unspecified atom stereocenters. The second-order valence-electron chi connectivity index (χ2n) is 28.7. The van der Waals surface area contributed by atoms with Crippen molar-refractivity contribution in [3.8, 4) is 0 Å². The molecular weight excluding hydrogens is 1120 g/mol. The van der Waals surface area contributed by atoms with Crippen molar-refractivity contribution in [3.63, 3.8) is 0 Å². The molecule has 0 bridgehead atoms. The maximum absolute atomic E-state index is 8.52. The Morgan fingerprint density at radius 1 is 0.161 bits per heavy atom. The lowest BCUT2D eigenvalue weighted by molar-refractivity contribution is 0.352. The van der Waals surface area contributed by atoms with Crippen LogP contribution in [-0.2, 0) is 10.4 Å². The first-order valence-electron chi connectivity index (χ1n) is 40.9. The Kier molecular flexibility index (Phi) is 81.8. The quantitative estimate of drug-likeness (QED) is 0.0263. The summed E-state index contributed by atoms with van der Waals surface area (Å²) in [5, 5.41) is 0. The van der Waals surface area contributed by atoms with Gasteiger partial charge >= 0.3 is 0 Å². The average Bonchev–Trinajstić information content (AvgIpc) is 3.69. The van der Waals surface area contributed by atoms with Crippen LogP contribution in [0.4, 0.5) is 0 Å². The lowest BCUT2D eigenvalue weighted by atomic mass is 10.1. The molecule has 0 aliphatic rings. The van der Waals surface area contributed by atoms with Crippen molar-refractivity contribution in [2.75, 3.05) is 49.3 Å². The van der Waals surface area contributed by atoms with Crippen LogP contribution in [0.25, 0.3) is 0 Å². The van der Waals surface area contributed by atoms with Crippen molar-refractivity contribution in [3.05, 3.63) is 0 Å². The molecule has 0 rings (SSSR count). The van der Waals surface area contributed by atoms with E-state index in [9.17, 15) is 0 Å². The van der Waals surface area contributed by atoms with Gasteiger partial charge in [-0.25, -0.2) is 0 Å². The molecule has 87 heavy (non-hydrogen) atoms. The van der Waals surface area contributed by atoms with E-state index >= 15 is 0 Å². The van der Waals surface area contributed by atoms with E-state index in [0.29, 0.717) is 0 Å². The van der Waals surface area contributed by atoms with Gasteiger partial charge in [0.15, 0.2) is 0 Å². The fourth-order valence-corrected chi connectivity index (χ4v) is 23.8.